The highest BCUT2D eigenvalue weighted by Gasteiger charge is 2.06. The van der Waals surface area contributed by atoms with Crippen molar-refractivity contribution in [3.63, 3.8) is 0 Å². The van der Waals surface area contributed by atoms with Crippen LogP contribution in [-0.2, 0) is 6.54 Å². The first kappa shape index (κ1) is 12.7. The Hall–Kier alpha value is -1.29. The second kappa shape index (κ2) is 5.37. The molecule has 0 aliphatic carbocycles. The van der Waals surface area contributed by atoms with Crippen molar-refractivity contribution >= 4 is 50.4 Å². The summed E-state index contributed by atoms with van der Waals surface area (Å²) < 4.78 is 1.03. The topological polar surface area (TPSA) is 24.9 Å². The monoisotopic (exact) mass is 308 g/mol. The highest BCUT2D eigenvalue weighted by Crippen LogP contribution is 2.29. The molecule has 0 atom stereocenters. The molecule has 2 nitrogen and oxygen atoms in total. The van der Waals surface area contributed by atoms with Crippen LogP contribution in [0.3, 0.4) is 0 Å². The molecule has 0 unspecified atom stereocenters. The van der Waals surface area contributed by atoms with E-state index in [4.69, 9.17) is 23.2 Å². The lowest BCUT2D eigenvalue weighted by atomic mass is 10.3. The van der Waals surface area contributed by atoms with Crippen LogP contribution in [0.1, 0.15) is 5.01 Å². The van der Waals surface area contributed by atoms with E-state index in [1.165, 1.54) is 0 Å². The van der Waals surface area contributed by atoms with Gasteiger partial charge in [0, 0.05) is 10.7 Å². The first-order chi connectivity index (χ1) is 9.22. The maximum Gasteiger partial charge on any atom is 0.113 e. The average molecular weight is 309 g/mol. The second-order valence-electron chi connectivity index (χ2n) is 4.06. The van der Waals surface area contributed by atoms with Crippen LogP contribution in [0.15, 0.2) is 42.5 Å². The lowest BCUT2D eigenvalue weighted by Gasteiger charge is -2.03. The third-order valence-corrected chi connectivity index (χ3v) is 4.45. The molecule has 0 fully saturated rings. The molecule has 1 aromatic heterocycles. The van der Waals surface area contributed by atoms with Gasteiger partial charge in [-0.25, -0.2) is 4.98 Å². The first-order valence-corrected chi connectivity index (χ1v) is 7.33. The minimum atomic E-state index is 0.663. The molecule has 2 aromatic carbocycles. The zero-order valence-electron chi connectivity index (χ0n) is 9.86. The Morgan fingerprint density at radius 3 is 2.74 bits per heavy atom. The number of halogens is 2. The van der Waals surface area contributed by atoms with Gasteiger partial charge in [0.25, 0.3) is 0 Å². The maximum absolute atomic E-state index is 6.14. The number of anilines is 1. The first-order valence-electron chi connectivity index (χ1n) is 5.76. The van der Waals surface area contributed by atoms with Crippen LogP contribution >= 0.6 is 34.5 Å². The van der Waals surface area contributed by atoms with E-state index < -0.39 is 0 Å². The van der Waals surface area contributed by atoms with Crippen LogP contribution in [0.25, 0.3) is 10.2 Å². The molecule has 5 heteroatoms. The average Bonchev–Trinajstić information content (AvgIpc) is 2.81. The molecule has 1 N–H and O–H groups in total. The van der Waals surface area contributed by atoms with E-state index >= 15 is 0 Å². The fourth-order valence-electron chi connectivity index (χ4n) is 1.81. The van der Waals surface area contributed by atoms with E-state index in [1.54, 1.807) is 11.3 Å². The predicted octanol–water partition coefficient (Wildman–Crippen LogP) is 5.22. The summed E-state index contributed by atoms with van der Waals surface area (Å²) in [4.78, 5) is 4.55. The zero-order chi connectivity index (χ0) is 13.2. The molecule has 96 valence electrons. The summed E-state index contributed by atoms with van der Waals surface area (Å²) in [6.07, 6.45) is 0. The molecule has 3 aromatic rings. The largest absolute Gasteiger partial charge is 0.378 e. The van der Waals surface area contributed by atoms with E-state index in [9.17, 15) is 0 Å². The minimum Gasteiger partial charge on any atom is -0.378 e. The Bertz CT molecular complexity index is 724. The van der Waals surface area contributed by atoms with Gasteiger partial charge in [-0.05, 0) is 30.3 Å². The normalized spacial score (nSPS) is 10.8. The fourth-order valence-corrected chi connectivity index (χ4v) is 3.20. The van der Waals surface area contributed by atoms with E-state index in [1.807, 2.05) is 42.5 Å². The van der Waals surface area contributed by atoms with E-state index in [0.717, 1.165) is 31.0 Å². The molecule has 0 radical (unpaired) electrons. The Balaban J connectivity index is 1.80. The molecular weight excluding hydrogens is 299 g/mol. The van der Waals surface area contributed by atoms with Crippen molar-refractivity contribution in [3.8, 4) is 0 Å². The van der Waals surface area contributed by atoms with Crippen LogP contribution in [0, 0.1) is 0 Å². The molecule has 0 aliphatic rings. The molecule has 19 heavy (non-hydrogen) atoms. The number of nitrogens with zero attached hydrogens (tertiary/aromatic N) is 1. The van der Waals surface area contributed by atoms with Gasteiger partial charge < -0.3 is 5.32 Å². The third kappa shape index (κ3) is 2.84. The molecule has 0 saturated heterocycles. The summed E-state index contributed by atoms with van der Waals surface area (Å²) in [5, 5.41) is 5.78. The molecule has 0 bridgehead atoms. The van der Waals surface area contributed by atoms with Gasteiger partial charge in [0.05, 0.1) is 21.8 Å². The lowest BCUT2D eigenvalue weighted by molar-refractivity contribution is 1.12. The van der Waals surface area contributed by atoms with Gasteiger partial charge in [-0.1, -0.05) is 35.3 Å². The summed E-state index contributed by atoms with van der Waals surface area (Å²) >= 11 is 13.7. The standard InChI is InChI=1S/C14H10Cl2N2S/c15-9-3-1-4-10(7-9)17-8-13-18-12-6-2-5-11(16)14(12)19-13/h1-7,17H,8H2. The van der Waals surface area contributed by atoms with Gasteiger partial charge in [-0.3, -0.25) is 0 Å². The second-order valence-corrected chi connectivity index (χ2v) is 5.99. The van der Waals surface area contributed by atoms with Crippen molar-refractivity contribution in [2.75, 3.05) is 5.32 Å². The van der Waals surface area contributed by atoms with Gasteiger partial charge in [-0.2, -0.15) is 0 Å². The summed E-state index contributed by atoms with van der Waals surface area (Å²) in [7, 11) is 0. The zero-order valence-corrected chi connectivity index (χ0v) is 12.2. The molecular formula is C14H10Cl2N2S. The molecule has 1 heterocycles. The van der Waals surface area contributed by atoms with Gasteiger partial charge >= 0.3 is 0 Å². The number of aromatic nitrogens is 1. The summed E-state index contributed by atoms with van der Waals surface area (Å²) in [6.45, 7) is 0.663. The Morgan fingerprint density at radius 2 is 1.95 bits per heavy atom. The fraction of sp³-hybridized carbons (Fsp3) is 0.0714. The molecule has 0 aliphatic heterocycles. The predicted molar refractivity (Wildman–Crippen MR) is 83.4 cm³/mol. The Kier molecular flexibility index (Phi) is 3.60. The number of rotatable bonds is 3. The Morgan fingerprint density at radius 1 is 1.11 bits per heavy atom. The molecule has 0 amide bonds. The van der Waals surface area contributed by atoms with Crippen molar-refractivity contribution < 1.29 is 0 Å². The molecule has 0 spiro atoms. The van der Waals surface area contributed by atoms with Gasteiger partial charge in [0.15, 0.2) is 0 Å². The number of benzene rings is 2. The van der Waals surface area contributed by atoms with Gasteiger partial charge in [0.1, 0.15) is 5.01 Å². The minimum absolute atomic E-state index is 0.663. The maximum atomic E-state index is 6.14. The summed E-state index contributed by atoms with van der Waals surface area (Å²) in [5.41, 5.74) is 1.93. The van der Waals surface area contributed by atoms with Crippen LogP contribution in [0.5, 0.6) is 0 Å². The number of fused-ring (bicyclic) bond motifs is 1. The van der Waals surface area contributed by atoms with Crippen molar-refractivity contribution in [1.82, 2.24) is 4.98 Å². The summed E-state index contributed by atoms with van der Waals surface area (Å²) in [6, 6.07) is 13.4. The number of hydrogen-bond acceptors (Lipinski definition) is 3. The Labute approximate surface area is 125 Å². The van der Waals surface area contributed by atoms with Gasteiger partial charge in [-0.15, -0.1) is 11.3 Å². The van der Waals surface area contributed by atoms with Gasteiger partial charge in [0.2, 0.25) is 0 Å². The van der Waals surface area contributed by atoms with Crippen molar-refractivity contribution in [2.24, 2.45) is 0 Å². The summed E-state index contributed by atoms with van der Waals surface area (Å²) in [5.74, 6) is 0. The highest BCUT2D eigenvalue weighted by molar-refractivity contribution is 7.19. The van der Waals surface area contributed by atoms with Crippen molar-refractivity contribution in [2.45, 2.75) is 6.54 Å². The van der Waals surface area contributed by atoms with E-state index in [2.05, 4.69) is 10.3 Å². The van der Waals surface area contributed by atoms with Crippen LogP contribution in [-0.4, -0.2) is 4.98 Å². The lowest BCUT2D eigenvalue weighted by Crippen LogP contribution is -1.98. The third-order valence-electron chi connectivity index (χ3n) is 2.68. The number of nitrogens with one attached hydrogen (secondary N) is 1. The molecule has 0 saturated carbocycles. The van der Waals surface area contributed by atoms with Crippen molar-refractivity contribution in [1.29, 1.82) is 0 Å². The van der Waals surface area contributed by atoms with Crippen LogP contribution in [0.2, 0.25) is 10.0 Å². The smallest absolute Gasteiger partial charge is 0.113 e. The van der Waals surface area contributed by atoms with E-state index in [0.29, 0.717) is 6.54 Å². The quantitative estimate of drug-likeness (QED) is 0.718. The van der Waals surface area contributed by atoms with Crippen LogP contribution in [0.4, 0.5) is 5.69 Å². The SMILES string of the molecule is Clc1cccc(NCc2nc3cccc(Cl)c3s2)c1. The molecule has 3 rings (SSSR count). The van der Waals surface area contributed by atoms with E-state index in [-0.39, 0.29) is 0 Å². The highest BCUT2D eigenvalue weighted by atomic mass is 35.5. The number of hydrogen-bond donors (Lipinski definition) is 1. The number of thiazole rings is 1. The van der Waals surface area contributed by atoms with Crippen LogP contribution < -0.4 is 5.32 Å². The van der Waals surface area contributed by atoms with Crippen molar-refractivity contribution in [3.05, 3.63) is 57.5 Å².